The first-order chi connectivity index (χ1) is 22.2. The predicted octanol–water partition coefficient (Wildman–Crippen LogP) is 14.9. The number of hydrogen-bond acceptors (Lipinski definition) is 0. The number of fused-ring (bicyclic) bond motifs is 2. The Labute approximate surface area is 341 Å². The first-order valence-corrected chi connectivity index (χ1v) is 21.3. The Hall–Kier alpha value is -2.22. The Morgan fingerprint density at radius 2 is 1.12 bits per heavy atom. The summed E-state index contributed by atoms with van der Waals surface area (Å²) >= 11 is 1.36. The van der Waals surface area contributed by atoms with Gasteiger partial charge in [-0.3, -0.25) is 0 Å². The van der Waals surface area contributed by atoms with Crippen LogP contribution in [0.4, 0.5) is 0 Å². The van der Waals surface area contributed by atoms with Gasteiger partial charge in [0.15, 0.2) is 0 Å². The Kier molecular flexibility index (Phi) is 20.0. The van der Waals surface area contributed by atoms with Crippen molar-refractivity contribution in [2.75, 3.05) is 0 Å². The van der Waals surface area contributed by atoms with Gasteiger partial charge in [0.2, 0.25) is 0 Å². The molecule has 0 spiro atoms. The molecule has 0 saturated carbocycles. The van der Waals surface area contributed by atoms with Crippen molar-refractivity contribution in [1.29, 1.82) is 0 Å². The molecule has 1 unspecified atom stereocenters. The minimum absolute atomic E-state index is 0. The quantitative estimate of drug-likeness (QED) is 0.120. The van der Waals surface area contributed by atoms with Crippen molar-refractivity contribution in [3.63, 3.8) is 0 Å². The van der Waals surface area contributed by atoms with Crippen LogP contribution in [0, 0.1) is 28.7 Å². The number of aryl methyl sites for hydroxylation is 2. The second kappa shape index (κ2) is 20.9. The Bertz CT molecular complexity index is 1910. The van der Waals surface area contributed by atoms with E-state index in [4.69, 9.17) is 0 Å². The van der Waals surface area contributed by atoms with E-state index in [9.17, 15) is 0 Å². The topological polar surface area (TPSA) is 0 Å². The zero-order chi connectivity index (χ0) is 34.5. The van der Waals surface area contributed by atoms with Crippen LogP contribution < -0.4 is 0 Å². The van der Waals surface area contributed by atoms with E-state index in [0.29, 0.717) is 5.92 Å². The zero-order valence-corrected chi connectivity index (χ0v) is 38.2. The summed E-state index contributed by atoms with van der Waals surface area (Å²) in [7, 11) is 0. The van der Waals surface area contributed by atoms with E-state index in [2.05, 4.69) is 179 Å². The van der Waals surface area contributed by atoms with Gasteiger partial charge in [-0.2, -0.15) is 12.1 Å². The van der Waals surface area contributed by atoms with Crippen molar-refractivity contribution in [2.24, 2.45) is 0 Å². The van der Waals surface area contributed by atoms with Crippen LogP contribution in [-0.2, 0) is 34.2 Å². The average Bonchev–Trinajstić information content (AvgIpc) is 3.64. The molecule has 0 saturated heterocycles. The van der Waals surface area contributed by atoms with Gasteiger partial charge in [-0.1, -0.05) is 146 Å². The van der Waals surface area contributed by atoms with E-state index < -0.39 is 0 Å². The molecule has 4 heteroatoms. The molecule has 6 rings (SSSR count). The van der Waals surface area contributed by atoms with E-state index in [-0.39, 0.29) is 50.5 Å². The van der Waals surface area contributed by atoms with Gasteiger partial charge in [0.25, 0.3) is 0 Å². The van der Waals surface area contributed by atoms with E-state index in [1.165, 1.54) is 108 Å². The number of halogens is 2. The van der Waals surface area contributed by atoms with Crippen LogP contribution in [0.5, 0.6) is 0 Å². The summed E-state index contributed by atoms with van der Waals surface area (Å²) in [6, 6.07) is 38.7. The van der Waals surface area contributed by atoms with Gasteiger partial charge in [0.1, 0.15) is 0 Å². The average molecular weight is 815 g/mol. The third kappa shape index (κ3) is 12.2. The summed E-state index contributed by atoms with van der Waals surface area (Å²) < 4.78 is 0. The van der Waals surface area contributed by atoms with Gasteiger partial charge in [0.05, 0.1) is 0 Å². The van der Waals surface area contributed by atoms with Gasteiger partial charge in [-0.05, 0) is 52.3 Å². The van der Waals surface area contributed by atoms with E-state index >= 15 is 0 Å². The second-order valence-corrected chi connectivity index (χ2v) is 15.3. The molecular formula is C47H60Cl2SiZr-4. The molecule has 0 heterocycles. The van der Waals surface area contributed by atoms with Crippen molar-refractivity contribution in [3.8, 4) is 22.3 Å². The Morgan fingerprint density at radius 3 is 1.61 bits per heavy atom. The second-order valence-electron chi connectivity index (χ2n) is 15.3. The molecule has 0 aromatic heterocycles. The molecule has 0 aliphatic carbocycles. The molecule has 1 atom stereocenters. The molecule has 2 radical (unpaired) electrons. The molecule has 274 valence electrons. The fraction of sp³-hybridized carbons (Fsp3) is 0.319. The monoisotopic (exact) mass is 812 g/mol. The molecule has 0 amide bonds. The molecular weight excluding hydrogens is 755 g/mol. The van der Waals surface area contributed by atoms with Crippen molar-refractivity contribution in [2.45, 2.75) is 98.8 Å². The number of hydrogen-bond donors (Lipinski definition) is 0. The molecule has 6 aromatic rings. The number of benzene rings is 4. The molecule has 0 nitrogen and oxygen atoms in total. The fourth-order valence-corrected chi connectivity index (χ4v) is 6.55. The molecule has 0 aliphatic rings. The molecule has 0 fully saturated rings. The molecule has 6 aromatic carbocycles. The third-order valence-corrected chi connectivity index (χ3v) is 9.30. The standard InChI is InChI=1S/C24H29.C21H23.2CH3.2ClH.Si.Zr/c1-6-8-17(2)20-15-19-9-7-10-22(23(19)16-20)18-11-13-21(14-12-18)24(3,4)5;1-14-10-17-11-15(2)13-20(17)19(12-14)16-6-8-18(9-7-16)21(3,4)5;;;;;;/h7,9-17H,6,8H2,1-5H3;6-13H,1-5H3;2*1H3;2*1H;;/q4*-1;;;;. The molecule has 0 bridgehead atoms. The predicted molar refractivity (Wildman–Crippen MR) is 233 cm³/mol. The minimum atomic E-state index is 0. The fourth-order valence-electron chi connectivity index (χ4n) is 6.55. The maximum atomic E-state index is 3.06. The van der Waals surface area contributed by atoms with Crippen LogP contribution in [-0.4, -0.2) is 6.88 Å². The van der Waals surface area contributed by atoms with Crippen LogP contribution in [0.15, 0.2) is 103 Å². The first kappa shape index (κ1) is 48.8. The van der Waals surface area contributed by atoms with E-state index in [1.54, 1.807) is 0 Å². The van der Waals surface area contributed by atoms with Gasteiger partial charge < -0.3 is 14.9 Å². The van der Waals surface area contributed by atoms with Crippen LogP contribution in [0.3, 0.4) is 0 Å². The van der Waals surface area contributed by atoms with Crippen LogP contribution in [0.1, 0.15) is 102 Å². The van der Waals surface area contributed by atoms with Gasteiger partial charge >= 0.3 is 30.2 Å². The third-order valence-electron chi connectivity index (χ3n) is 9.30. The summed E-state index contributed by atoms with van der Waals surface area (Å²) in [5.74, 6) is 0.638. The van der Waals surface area contributed by atoms with Crippen molar-refractivity contribution < 1.29 is 23.3 Å². The van der Waals surface area contributed by atoms with Gasteiger partial charge in [0, 0.05) is 0 Å². The van der Waals surface area contributed by atoms with E-state index in [0.717, 1.165) is 0 Å². The maximum absolute atomic E-state index is 3.06. The van der Waals surface area contributed by atoms with Crippen LogP contribution in [0.2, 0.25) is 0 Å². The van der Waals surface area contributed by atoms with Gasteiger partial charge in [-0.25, -0.2) is 0 Å². The van der Waals surface area contributed by atoms with Crippen molar-refractivity contribution in [1.82, 2.24) is 0 Å². The van der Waals surface area contributed by atoms with E-state index in [1.807, 2.05) is 0 Å². The van der Waals surface area contributed by atoms with Gasteiger partial charge in [-0.15, -0.1) is 87.8 Å². The summed E-state index contributed by atoms with van der Waals surface area (Å²) in [5, 5.41) is 5.47. The molecule has 51 heavy (non-hydrogen) atoms. The zero-order valence-electron chi connectivity index (χ0n) is 33.1. The molecule has 0 aliphatic heterocycles. The summed E-state index contributed by atoms with van der Waals surface area (Å²) in [6.07, 6.45) is 2.50. The Balaban J connectivity index is 0.000000875. The normalized spacial score (nSPS) is 11.3. The van der Waals surface area contributed by atoms with Crippen molar-refractivity contribution >= 4 is 53.2 Å². The molecule has 0 N–H and O–H groups in total. The summed E-state index contributed by atoms with van der Waals surface area (Å²) in [4.78, 5) is 0. The SMILES string of the molecule is CCCC(C)c1cc2c(-c3ccc(C(C)(C)C)cc3)cccc2[cH-]1.Cc1cc(-c2ccc(C(C)(C)C)cc2)c2cc(C)[cH-]c2c1.Cl.Cl.[CH3-].[CH3-].[Si]=[Zr]. The summed E-state index contributed by atoms with van der Waals surface area (Å²) in [6.45, 7) is 25.6. The van der Waals surface area contributed by atoms with Crippen molar-refractivity contribution in [3.05, 3.63) is 146 Å². The Morgan fingerprint density at radius 1 is 0.627 bits per heavy atom. The van der Waals surface area contributed by atoms with Crippen LogP contribution >= 0.6 is 24.8 Å². The first-order valence-electron chi connectivity index (χ1n) is 17.1. The van der Waals surface area contributed by atoms with Crippen LogP contribution in [0.25, 0.3) is 43.8 Å². The number of rotatable bonds is 5. The summed E-state index contributed by atoms with van der Waals surface area (Å²) in [5.41, 5.74) is 12.6.